The Kier molecular flexibility index (Phi) is 5.15. The number of hydrogen-bond donors (Lipinski definition) is 2. The van der Waals surface area contributed by atoms with Gasteiger partial charge in [-0.25, -0.2) is 0 Å². The summed E-state index contributed by atoms with van der Waals surface area (Å²) in [6, 6.07) is 7.35. The first-order valence-electron chi connectivity index (χ1n) is 5.20. The van der Waals surface area contributed by atoms with E-state index < -0.39 is 5.97 Å². The van der Waals surface area contributed by atoms with Crippen molar-refractivity contribution in [3.8, 4) is 0 Å². The molecule has 0 aliphatic rings. The molecule has 0 spiro atoms. The number of carbonyl (C=O) groups excluding carboxylic acids is 1. The van der Waals surface area contributed by atoms with Crippen LogP contribution < -0.4 is 5.32 Å². The quantitative estimate of drug-likeness (QED) is 0.875. The number of aliphatic carboxylic acids is 1. The minimum Gasteiger partial charge on any atom is -0.481 e. The summed E-state index contributed by atoms with van der Waals surface area (Å²) in [5, 5.41) is 11.4. The van der Waals surface area contributed by atoms with Crippen molar-refractivity contribution >= 4 is 27.8 Å². The fraction of sp³-hybridized carbons (Fsp3) is 0.333. The van der Waals surface area contributed by atoms with Crippen LogP contribution >= 0.6 is 15.9 Å². The van der Waals surface area contributed by atoms with Gasteiger partial charge in [0.15, 0.2) is 0 Å². The average molecular weight is 300 g/mol. The predicted molar refractivity (Wildman–Crippen MR) is 67.8 cm³/mol. The maximum atomic E-state index is 11.3. The van der Waals surface area contributed by atoms with Crippen molar-refractivity contribution in [1.29, 1.82) is 0 Å². The Morgan fingerprint density at radius 1 is 1.29 bits per heavy atom. The number of nitrogens with one attached hydrogen (secondary N) is 1. The van der Waals surface area contributed by atoms with E-state index in [2.05, 4.69) is 21.2 Å². The van der Waals surface area contributed by atoms with Gasteiger partial charge in [0.1, 0.15) is 0 Å². The molecule has 1 aromatic rings. The Balaban J connectivity index is 2.85. The second kappa shape index (κ2) is 6.39. The van der Waals surface area contributed by atoms with Gasteiger partial charge in [-0.2, -0.15) is 0 Å². The van der Waals surface area contributed by atoms with Gasteiger partial charge in [0.25, 0.3) is 0 Å². The fourth-order valence-electron chi connectivity index (χ4n) is 1.58. The SMILES string of the molecule is CNC(=O)CC(CC(=O)O)c1ccc(Br)cc1. The summed E-state index contributed by atoms with van der Waals surface area (Å²) in [5.41, 5.74) is 0.860. The fourth-order valence-corrected chi connectivity index (χ4v) is 1.84. The van der Waals surface area contributed by atoms with Crippen LogP contribution in [0.2, 0.25) is 0 Å². The first kappa shape index (κ1) is 13.7. The smallest absolute Gasteiger partial charge is 0.303 e. The minimum absolute atomic E-state index is 0.0466. The van der Waals surface area contributed by atoms with E-state index in [-0.39, 0.29) is 24.7 Å². The van der Waals surface area contributed by atoms with E-state index in [4.69, 9.17) is 5.11 Å². The topological polar surface area (TPSA) is 66.4 Å². The second-order valence-corrected chi connectivity index (χ2v) is 4.64. The molecular weight excluding hydrogens is 286 g/mol. The van der Waals surface area contributed by atoms with Crippen molar-refractivity contribution in [2.45, 2.75) is 18.8 Å². The summed E-state index contributed by atoms with van der Waals surface area (Å²) in [7, 11) is 1.54. The van der Waals surface area contributed by atoms with Crippen LogP contribution in [0.25, 0.3) is 0 Å². The lowest BCUT2D eigenvalue weighted by Gasteiger charge is -2.14. The van der Waals surface area contributed by atoms with Crippen LogP contribution in [0.1, 0.15) is 24.3 Å². The zero-order valence-corrected chi connectivity index (χ0v) is 11.0. The van der Waals surface area contributed by atoms with Gasteiger partial charge in [0.05, 0.1) is 6.42 Å². The molecule has 17 heavy (non-hydrogen) atoms. The lowest BCUT2D eigenvalue weighted by molar-refractivity contribution is -0.137. The molecule has 0 aromatic heterocycles. The van der Waals surface area contributed by atoms with Crippen LogP contribution in [0.5, 0.6) is 0 Å². The molecule has 1 atom stereocenters. The molecule has 1 aromatic carbocycles. The van der Waals surface area contributed by atoms with Crippen molar-refractivity contribution in [3.05, 3.63) is 34.3 Å². The van der Waals surface area contributed by atoms with E-state index in [0.717, 1.165) is 10.0 Å². The Labute approximate surface area is 108 Å². The van der Waals surface area contributed by atoms with Crippen molar-refractivity contribution in [1.82, 2.24) is 5.32 Å². The molecule has 2 N–H and O–H groups in total. The molecule has 92 valence electrons. The molecule has 0 fully saturated rings. The zero-order valence-electron chi connectivity index (χ0n) is 9.44. The molecule has 1 unspecified atom stereocenters. The zero-order chi connectivity index (χ0) is 12.8. The molecule has 1 amide bonds. The number of hydrogen-bond acceptors (Lipinski definition) is 2. The summed E-state index contributed by atoms with van der Waals surface area (Å²) >= 11 is 3.31. The highest BCUT2D eigenvalue weighted by Crippen LogP contribution is 2.25. The summed E-state index contributed by atoms with van der Waals surface area (Å²) < 4.78 is 0.926. The molecule has 0 saturated carbocycles. The van der Waals surface area contributed by atoms with Gasteiger partial charge in [-0.3, -0.25) is 9.59 Å². The predicted octanol–water partition coefficient (Wildman–Crippen LogP) is 2.14. The molecule has 0 saturated heterocycles. The van der Waals surface area contributed by atoms with Crippen LogP contribution in [-0.2, 0) is 9.59 Å². The molecule has 0 heterocycles. The second-order valence-electron chi connectivity index (χ2n) is 3.72. The first-order valence-corrected chi connectivity index (χ1v) is 6.00. The number of rotatable bonds is 5. The van der Waals surface area contributed by atoms with E-state index >= 15 is 0 Å². The van der Waals surface area contributed by atoms with Gasteiger partial charge in [-0.1, -0.05) is 28.1 Å². The average Bonchev–Trinajstić information content (AvgIpc) is 2.28. The van der Waals surface area contributed by atoms with Crippen LogP contribution in [0, 0.1) is 0 Å². The van der Waals surface area contributed by atoms with Crippen LogP contribution in [0.4, 0.5) is 0 Å². The maximum absolute atomic E-state index is 11.3. The monoisotopic (exact) mass is 299 g/mol. The lowest BCUT2D eigenvalue weighted by Crippen LogP contribution is -2.21. The van der Waals surface area contributed by atoms with Crippen molar-refractivity contribution in [3.63, 3.8) is 0 Å². The minimum atomic E-state index is -0.901. The first-order chi connectivity index (χ1) is 8.02. The Bertz CT molecular complexity index is 403. The number of carbonyl (C=O) groups is 2. The summed E-state index contributed by atoms with van der Waals surface area (Å²) in [5.74, 6) is -1.35. The van der Waals surface area contributed by atoms with Gasteiger partial charge in [-0.05, 0) is 17.7 Å². The number of benzene rings is 1. The Hall–Kier alpha value is -1.36. The molecule has 5 heteroatoms. The van der Waals surface area contributed by atoms with E-state index in [0.29, 0.717) is 0 Å². The number of carboxylic acids is 1. The third kappa shape index (κ3) is 4.56. The van der Waals surface area contributed by atoms with E-state index in [9.17, 15) is 9.59 Å². The highest BCUT2D eigenvalue weighted by molar-refractivity contribution is 9.10. The molecule has 0 radical (unpaired) electrons. The third-order valence-electron chi connectivity index (χ3n) is 2.47. The maximum Gasteiger partial charge on any atom is 0.303 e. The highest BCUT2D eigenvalue weighted by atomic mass is 79.9. The van der Waals surface area contributed by atoms with Gasteiger partial charge in [0.2, 0.25) is 5.91 Å². The summed E-state index contributed by atoms with van der Waals surface area (Å²) in [4.78, 5) is 22.1. The Morgan fingerprint density at radius 2 is 1.88 bits per heavy atom. The van der Waals surface area contributed by atoms with Crippen molar-refractivity contribution in [2.75, 3.05) is 7.05 Å². The normalized spacial score (nSPS) is 11.9. The largest absolute Gasteiger partial charge is 0.481 e. The van der Waals surface area contributed by atoms with Crippen LogP contribution in [-0.4, -0.2) is 24.0 Å². The Morgan fingerprint density at radius 3 is 2.35 bits per heavy atom. The molecule has 0 bridgehead atoms. The van der Waals surface area contributed by atoms with Crippen LogP contribution in [0.3, 0.4) is 0 Å². The van der Waals surface area contributed by atoms with Gasteiger partial charge in [0, 0.05) is 23.9 Å². The lowest BCUT2D eigenvalue weighted by atomic mass is 9.92. The van der Waals surface area contributed by atoms with Crippen molar-refractivity contribution < 1.29 is 14.7 Å². The highest BCUT2D eigenvalue weighted by Gasteiger charge is 2.18. The number of halogens is 1. The van der Waals surface area contributed by atoms with E-state index in [1.807, 2.05) is 24.3 Å². The van der Waals surface area contributed by atoms with Gasteiger partial charge < -0.3 is 10.4 Å². The van der Waals surface area contributed by atoms with Gasteiger partial charge in [-0.15, -0.1) is 0 Å². The van der Waals surface area contributed by atoms with E-state index in [1.54, 1.807) is 7.05 Å². The number of amides is 1. The molecule has 0 aliphatic heterocycles. The molecular formula is C12H14BrNO3. The summed E-state index contributed by atoms with van der Waals surface area (Å²) in [6.45, 7) is 0. The summed E-state index contributed by atoms with van der Waals surface area (Å²) in [6.07, 6.45) is 0.138. The standard InChI is InChI=1S/C12H14BrNO3/c1-14-11(15)6-9(7-12(16)17)8-2-4-10(13)5-3-8/h2-5,9H,6-7H2,1H3,(H,14,15)(H,16,17). The van der Waals surface area contributed by atoms with Crippen LogP contribution in [0.15, 0.2) is 28.7 Å². The van der Waals surface area contributed by atoms with E-state index in [1.165, 1.54) is 0 Å². The van der Waals surface area contributed by atoms with Gasteiger partial charge >= 0.3 is 5.97 Å². The molecule has 1 rings (SSSR count). The number of carboxylic acid groups (broad SMARTS) is 1. The molecule has 4 nitrogen and oxygen atoms in total. The third-order valence-corrected chi connectivity index (χ3v) is 3.00. The molecule has 0 aliphatic carbocycles. The van der Waals surface area contributed by atoms with Crippen molar-refractivity contribution in [2.24, 2.45) is 0 Å².